The summed E-state index contributed by atoms with van der Waals surface area (Å²) >= 11 is 5.87. The van der Waals surface area contributed by atoms with Crippen LogP contribution in [0.5, 0.6) is 0 Å². The number of hydrogen-bond acceptors (Lipinski definition) is 4. The molecule has 0 bridgehead atoms. The van der Waals surface area contributed by atoms with Gasteiger partial charge >= 0.3 is 0 Å². The van der Waals surface area contributed by atoms with Gasteiger partial charge in [0, 0.05) is 24.2 Å². The number of nitriles is 1. The van der Waals surface area contributed by atoms with Crippen LogP contribution in [0.25, 0.3) is 0 Å². The van der Waals surface area contributed by atoms with E-state index in [1.54, 1.807) is 19.1 Å². The monoisotopic (exact) mass is 275 g/mol. The third-order valence-corrected chi connectivity index (χ3v) is 3.46. The molecule has 1 aliphatic rings. The number of ketones is 1. The van der Waals surface area contributed by atoms with Gasteiger partial charge in [0.15, 0.2) is 5.78 Å². The molecule has 0 spiro atoms. The van der Waals surface area contributed by atoms with Crippen molar-refractivity contribution in [3.8, 4) is 6.07 Å². The van der Waals surface area contributed by atoms with Crippen LogP contribution >= 0.6 is 11.6 Å². The molecule has 98 valence electrons. The van der Waals surface area contributed by atoms with Crippen molar-refractivity contribution >= 4 is 17.4 Å². The highest BCUT2D eigenvalue weighted by Gasteiger charge is 2.27. The number of benzene rings is 1. The van der Waals surface area contributed by atoms with Crippen molar-refractivity contribution in [1.82, 2.24) is 10.4 Å². The van der Waals surface area contributed by atoms with Gasteiger partial charge in [-0.3, -0.25) is 4.79 Å². The van der Waals surface area contributed by atoms with Gasteiger partial charge in [0.1, 0.15) is 11.6 Å². The minimum atomic E-state index is -0.142. The van der Waals surface area contributed by atoms with Gasteiger partial charge in [-0.05, 0) is 24.6 Å². The van der Waals surface area contributed by atoms with Crippen molar-refractivity contribution in [2.75, 3.05) is 7.05 Å². The molecule has 19 heavy (non-hydrogen) atoms. The Hall–Kier alpha value is -1.83. The second-order valence-electron chi connectivity index (χ2n) is 4.53. The van der Waals surface area contributed by atoms with Crippen molar-refractivity contribution in [3.63, 3.8) is 0 Å². The molecule has 1 aromatic carbocycles. The number of hydrogen-bond donors (Lipinski definition) is 1. The fourth-order valence-corrected chi connectivity index (χ4v) is 2.32. The highest BCUT2D eigenvalue weighted by atomic mass is 35.5. The normalized spacial score (nSPS) is 20.7. The van der Waals surface area contributed by atoms with E-state index in [0.29, 0.717) is 10.7 Å². The summed E-state index contributed by atoms with van der Waals surface area (Å²) in [7, 11) is 1.86. The molecule has 1 aromatic rings. The van der Waals surface area contributed by atoms with Crippen molar-refractivity contribution in [1.29, 1.82) is 5.26 Å². The minimum absolute atomic E-state index is 0.120. The fraction of sp³-hybridized carbons (Fsp3) is 0.286. The van der Waals surface area contributed by atoms with E-state index in [1.165, 1.54) is 0 Å². The summed E-state index contributed by atoms with van der Waals surface area (Å²) in [6.45, 7) is 1.73. The molecule has 0 saturated heterocycles. The quantitative estimate of drug-likeness (QED) is 0.856. The van der Waals surface area contributed by atoms with Gasteiger partial charge in [-0.1, -0.05) is 23.7 Å². The van der Waals surface area contributed by atoms with Gasteiger partial charge < -0.3 is 5.43 Å². The van der Waals surface area contributed by atoms with Crippen molar-refractivity contribution in [2.45, 2.75) is 19.4 Å². The Morgan fingerprint density at radius 2 is 2.05 bits per heavy atom. The molecular weight excluding hydrogens is 262 g/mol. The number of halogens is 1. The molecule has 0 aromatic heterocycles. The molecular formula is C14H14ClN3O. The highest BCUT2D eigenvalue weighted by molar-refractivity contribution is 6.30. The second-order valence-corrected chi connectivity index (χ2v) is 4.97. The maximum Gasteiger partial charge on any atom is 0.177 e. The van der Waals surface area contributed by atoms with Gasteiger partial charge in [0.2, 0.25) is 0 Å². The Morgan fingerprint density at radius 3 is 2.63 bits per heavy atom. The Morgan fingerprint density at radius 1 is 1.42 bits per heavy atom. The molecule has 1 N–H and O–H groups in total. The van der Waals surface area contributed by atoms with Crippen LogP contribution in [0.15, 0.2) is 35.5 Å². The molecule has 1 unspecified atom stereocenters. The van der Waals surface area contributed by atoms with Gasteiger partial charge in [0.25, 0.3) is 0 Å². The first kappa shape index (κ1) is 13.6. The van der Waals surface area contributed by atoms with Crippen LogP contribution in [-0.2, 0) is 4.79 Å². The summed E-state index contributed by atoms with van der Waals surface area (Å²) in [5, 5.41) is 11.5. The zero-order chi connectivity index (χ0) is 14.0. The topological polar surface area (TPSA) is 56.1 Å². The van der Waals surface area contributed by atoms with E-state index >= 15 is 0 Å². The van der Waals surface area contributed by atoms with E-state index in [1.807, 2.05) is 30.3 Å². The predicted octanol–water partition coefficient (Wildman–Crippen LogP) is 2.59. The van der Waals surface area contributed by atoms with Gasteiger partial charge in [-0.25, -0.2) is 5.01 Å². The number of hydrazine groups is 1. The van der Waals surface area contributed by atoms with Crippen LogP contribution in [0, 0.1) is 11.3 Å². The SMILES string of the molecule is CC1=C(C#N)C(=O)CC(c2ccc(Cl)cc2)N(C)N1. The number of carbonyl (C=O) groups excluding carboxylic acids is 1. The molecule has 1 atom stereocenters. The molecule has 0 radical (unpaired) electrons. The summed E-state index contributed by atoms with van der Waals surface area (Å²) in [6, 6.07) is 9.23. The molecule has 0 fully saturated rings. The largest absolute Gasteiger partial charge is 0.321 e. The summed E-state index contributed by atoms with van der Waals surface area (Å²) < 4.78 is 0. The van der Waals surface area contributed by atoms with Crippen LogP contribution < -0.4 is 5.43 Å². The lowest BCUT2D eigenvalue weighted by atomic mass is 9.98. The second kappa shape index (κ2) is 5.43. The Bertz CT molecular complexity index is 571. The van der Waals surface area contributed by atoms with Crippen molar-refractivity contribution < 1.29 is 4.79 Å². The van der Waals surface area contributed by atoms with Crippen LogP contribution in [0.4, 0.5) is 0 Å². The van der Waals surface area contributed by atoms with Gasteiger partial charge in [-0.15, -0.1) is 0 Å². The van der Waals surface area contributed by atoms with E-state index < -0.39 is 0 Å². The van der Waals surface area contributed by atoms with E-state index in [0.717, 1.165) is 5.56 Å². The fourth-order valence-electron chi connectivity index (χ4n) is 2.19. The Balaban J connectivity index is 2.33. The molecule has 2 rings (SSSR count). The number of allylic oxidation sites excluding steroid dienone is 2. The number of nitrogens with one attached hydrogen (secondary N) is 1. The van der Waals surface area contributed by atoms with E-state index in [4.69, 9.17) is 16.9 Å². The Labute approximate surface area is 117 Å². The first-order chi connectivity index (χ1) is 9.02. The summed E-state index contributed by atoms with van der Waals surface area (Å²) in [6.07, 6.45) is 0.269. The summed E-state index contributed by atoms with van der Waals surface area (Å²) in [5.41, 5.74) is 4.85. The summed E-state index contributed by atoms with van der Waals surface area (Å²) in [4.78, 5) is 12.1. The molecule has 0 saturated carbocycles. The van der Waals surface area contributed by atoms with E-state index in [2.05, 4.69) is 5.43 Å². The van der Waals surface area contributed by atoms with Crippen LogP contribution in [0.3, 0.4) is 0 Å². The number of carbonyl (C=O) groups is 1. The molecule has 5 heteroatoms. The predicted molar refractivity (Wildman–Crippen MR) is 73.0 cm³/mol. The summed E-state index contributed by atoms with van der Waals surface area (Å²) in [5.74, 6) is -0.142. The zero-order valence-corrected chi connectivity index (χ0v) is 11.5. The van der Waals surface area contributed by atoms with E-state index in [9.17, 15) is 4.79 Å². The number of nitrogens with zero attached hydrogens (tertiary/aromatic N) is 2. The molecule has 4 nitrogen and oxygen atoms in total. The standard InChI is InChI=1S/C14H14ClN3O/c1-9-12(8-16)14(19)7-13(18(2)17-9)10-3-5-11(15)6-4-10/h3-6,13,17H,7H2,1-2H3. The van der Waals surface area contributed by atoms with Crippen molar-refractivity contribution in [3.05, 3.63) is 46.1 Å². The average Bonchev–Trinajstić information content (AvgIpc) is 2.47. The molecule has 1 aliphatic heterocycles. The average molecular weight is 276 g/mol. The van der Waals surface area contributed by atoms with Gasteiger partial charge in [-0.2, -0.15) is 5.26 Å². The maximum absolute atomic E-state index is 12.1. The molecule has 0 amide bonds. The minimum Gasteiger partial charge on any atom is -0.321 e. The highest BCUT2D eigenvalue weighted by Crippen LogP contribution is 2.27. The van der Waals surface area contributed by atoms with Crippen LogP contribution in [0.2, 0.25) is 5.02 Å². The molecule has 1 heterocycles. The lowest BCUT2D eigenvalue weighted by Gasteiger charge is -2.27. The third-order valence-electron chi connectivity index (χ3n) is 3.21. The lowest BCUT2D eigenvalue weighted by molar-refractivity contribution is -0.116. The first-order valence-corrected chi connectivity index (χ1v) is 6.30. The van der Waals surface area contributed by atoms with Crippen LogP contribution in [-0.4, -0.2) is 17.8 Å². The Kier molecular flexibility index (Phi) is 3.89. The maximum atomic E-state index is 12.1. The smallest absolute Gasteiger partial charge is 0.177 e. The van der Waals surface area contributed by atoms with Gasteiger partial charge in [0.05, 0.1) is 6.04 Å². The number of Topliss-reactive ketones (excluding diaryl/α,β-unsaturated/α-hetero) is 1. The first-order valence-electron chi connectivity index (χ1n) is 5.92. The van der Waals surface area contributed by atoms with E-state index in [-0.39, 0.29) is 23.8 Å². The van der Waals surface area contributed by atoms with Crippen LogP contribution in [0.1, 0.15) is 24.9 Å². The zero-order valence-electron chi connectivity index (χ0n) is 10.8. The number of rotatable bonds is 1. The third kappa shape index (κ3) is 2.78. The lowest BCUT2D eigenvalue weighted by Crippen LogP contribution is -2.35. The molecule has 0 aliphatic carbocycles. The van der Waals surface area contributed by atoms with Crippen molar-refractivity contribution in [2.24, 2.45) is 0 Å².